The zero-order valence-corrected chi connectivity index (χ0v) is 12.5. The van der Waals surface area contributed by atoms with Crippen molar-refractivity contribution in [3.05, 3.63) is 53.3 Å². The summed E-state index contributed by atoms with van der Waals surface area (Å²) >= 11 is 5.74. The third-order valence-electron chi connectivity index (χ3n) is 2.85. The Hall–Kier alpha value is -2.12. The molecule has 0 unspecified atom stereocenters. The van der Waals surface area contributed by atoms with Crippen LogP contribution < -0.4 is 4.31 Å². The lowest BCUT2D eigenvalue weighted by Gasteiger charge is -2.19. The molecule has 8 heteroatoms. The molecule has 21 heavy (non-hydrogen) atoms. The van der Waals surface area contributed by atoms with E-state index in [2.05, 4.69) is 4.98 Å². The first kappa shape index (κ1) is 15.3. The summed E-state index contributed by atoms with van der Waals surface area (Å²) in [5.41, 5.74) is 0.151. The minimum absolute atomic E-state index is 0.0204. The van der Waals surface area contributed by atoms with E-state index < -0.39 is 16.0 Å². The highest BCUT2D eigenvalue weighted by Gasteiger charge is 2.23. The van der Waals surface area contributed by atoms with Crippen LogP contribution in [-0.2, 0) is 10.0 Å². The summed E-state index contributed by atoms with van der Waals surface area (Å²) in [4.78, 5) is 14.7. The van der Waals surface area contributed by atoms with Gasteiger partial charge in [-0.3, -0.25) is 9.29 Å². The Labute approximate surface area is 126 Å². The van der Waals surface area contributed by atoms with Gasteiger partial charge in [-0.25, -0.2) is 13.2 Å². The van der Waals surface area contributed by atoms with Crippen LogP contribution in [0.5, 0.6) is 0 Å². The van der Waals surface area contributed by atoms with Crippen molar-refractivity contribution in [2.24, 2.45) is 0 Å². The second kappa shape index (κ2) is 5.71. The van der Waals surface area contributed by atoms with Crippen molar-refractivity contribution < 1.29 is 18.3 Å². The summed E-state index contributed by atoms with van der Waals surface area (Å²) in [5, 5.41) is 8.99. The highest BCUT2D eigenvalue weighted by atomic mass is 35.5. The molecule has 2 rings (SSSR count). The molecule has 0 aliphatic rings. The molecule has 1 N–H and O–H groups in total. The molecule has 0 fully saturated rings. The topological polar surface area (TPSA) is 87.6 Å². The number of benzene rings is 1. The Morgan fingerprint density at radius 3 is 2.43 bits per heavy atom. The minimum atomic E-state index is -3.88. The van der Waals surface area contributed by atoms with E-state index in [0.29, 0.717) is 5.69 Å². The lowest BCUT2D eigenvalue weighted by atomic mass is 10.2. The number of aromatic nitrogens is 1. The minimum Gasteiger partial charge on any atom is -0.478 e. The van der Waals surface area contributed by atoms with Gasteiger partial charge < -0.3 is 5.11 Å². The predicted octanol–water partition coefficient (Wildman–Crippen LogP) is 2.26. The van der Waals surface area contributed by atoms with Crippen molar-refractivity contribution in [1.82, 2.24) is 4.98 Å². The molecule has 0 amide bonds. The summed E-state index contributed by atoms with van der Waals surface area (Å²) in [5.74, 6) is -1.29. The first-order valence-corrected chi connectivity index (χ1v) is 7.57. The third kappa shape index (κ3) is 2.98. The Morgan fingerprint density at radius 1 is 1.24 bits per heavy atom. The van der Waals surface area contributed by atoms with E-state index in [9.17, 15) is 13.2 Å². The standard InChI is InChI=1S/C13H11ClN2O4S/c1-16(9-4-6-15-7-5-9)21(19,20)10-2-3-12(14)11(8-10)13(17)18/h2-8H,1H3,(H,17,18). The highest BCUT2D eigenvalue weighted by molar-refractivity contribution is 7.92. The average molecular weight is 327 g/mol. The van der Waals surface area contributed by atoms with Gasteiger partial charge in [-0.15, -0.1) is 0 Å². The van der Waals surface area contributed by atoms with Crippen molar-refractivity contribution in [3.63, 3.8) is 0 Å². The van der Waals surface area contributed by atoms with E-state index in [1.54, 1.807) is 0 Å². The van der Waals surface area contributed by atoms with Gasteiger partial charge in [0.1, 0.15) is 0 Å². The number of carboxylic acids is 1. The van der Waals surface area contributed by atoms with Crippen LogP contribution in [0.25, 0.3) is 0 Å². The fourth-order valence-electron chi connectivity index (χ4n) is 1.68. The molecule has 0 spiro atoms. The SMILES string of the molecule is CN(c1ccncc1)S(=O)(=O)c1ccc(Cl)c(C(=O)O)c1. The number of halogens is 1. The average Bonchev–Trinajstić information content (AvgIpc) is 2.47. The van der Waals surface area contributed by atoms with Gasteiger partial charge in [0.2, 0.25) is 0 Å². The molecule has 0 aliphatic carbocycles. The van der Waals surface area contributed by atoms with E-state index in [-0.39, 0.29) is 15.5 Å². The van der Waals surface area contributed by atoms with Crippen LogP contribution in [0.4, 0.5) is 5.69 Å². The summed E-state index contributed by atoms with van der Waals surface area (Å²) in [6.45, 7) is 0. The molecule has 1 aromatic carbocycles. The maximum absolute atomic E-state index is 12.5. The fourth-order valence-corrected chi connectivity index (χ4v) is 3.10. The Morgan fingerprint density at radius 2 is 1.86 bits per heavy atom. The molecule has 0 aliphatic heterocycles. The first-order valence-electron chi connectivity index (χ1n) is 5.76. The van der Waals surface area contributed by atoms with Crippen molar-refractivity contribution in [2.45, 2.75) is 4.90 Å². The lowest BCUT2D eigenvalue weighted by Crippen LogP contribution is -2.26. The number of rotatable bonds is 4. The highest BCUT2D eigenvalue weighted by Crippen LogP contribution is 2.25. The quantitative estimate of drug-likeness (QED) is 0.931. The van der Waals surface area contributed by atoms with Gasteiger partial charge in [-0.1, -0.05) is 11.6 Å². The lowest BCUT2D eigenvalue weighted by molar-refractivity contribution is 0.0697. The van der Waals surface area contributed by atoms with Gasteiger partial charge in [0, 0.05) is 19.4 Å². The number of pyridine rings is 1. The molecule has 0 bridgehead atoms. The number of nitrogens with zero attached hydrogens (tertiary/aromatic N) is 2. The van der Waals surface area contributed by atoms with Gasteiger partial charge >= 0.3 is 5.97 Å². The largest absolute Gasteiger partial charge is 0.478 e. The van der Waals surface area contributed by atoms with E-state index in [1.165, 1.54) is 43.7 Å². The molecular weight excluding hydrogens is 316 g/mol. The van der Waals surface area contributed by atoms with Crippen LogP contribution in [0, 0.1) is 0 Å². The predicted molar refractivity (Wildman–Crippen MR) is 78.2 cm³/mol. The molecule has 6 nitrogen and oxygen atoms in total. The second-order valence-corrected chi connectivity index (χ2v) is 6.50. The van der Waals surface area contributed by atoms with E-state index >= 15 is 0 Å². The molecule has 1 heterocycles. The number of carboxylic acid groups (broad SMARTS) is 1. The number of hydrogen-bond acceptors (Lipinski definition) is 4. The second-order valence-electron chi connectivity index (χ2n) is 4.12. The Balaban J connectivity index is 2.50. The third-order valence-corrected chi connectivity index (χ3v) is 4.96. The van der Waals surface area contributed by atoms with Gasteiger partial charge in [0.15, 0.2) is 0 Å². The van der Waals surface area contributed by atoms with Gasteiger partial charge in [0.25, 0.3) is 10.0 Å². The summed E-state index contributed by atoms with van der Waals surface area (Å²) in [6.07, 6.45) is 2.93. The molecule has 2 aromatic rings. The van der Waals surface area contributed by atoms with Crippen LogP contribution >= 0.6 is 11.6 Å². The number of sulfonamides is 1. The van der Waals surface area contributed by atoms with E-state index in [4.69, 9.17) is 16.7 Å². The number of hydrogen-bond donors (Lipinski definition) is 1. The van der Waals surface area contributed by atoms with E-state index in [1.807, 2.05) is 0 Å². The van der Waals surface area contributed by atoms with Crippen molar-refractivity contribution in [3.8, 4) is 0 Å². The smallest absolute Gasteiger partial charge is 0.337 e. The zero-order chi connectivity index (χ0) is 15.6. The fraction of sp³-hybridized carbons (Fsp3) is 0.0769. The molecular formula is C13H11ClN2O4S. The first-order chi connectivity index (χ1) is 9.84. The van der Waals surface area contributed by atoms with Crippen molar-refractivity contribution in [1.29, 1.82) is 0 Å². The number of carbonyl (C=O) groups is 1. The van der Waals surface area contributed by atoms with Gasteiger partial charge in [-0.2, -0.15) is 0 Å². The van der Waals surface area contributed by atoms with Crippen molar-refractivity contribution >= 4 is 33.3 Å². The molecule has 110 valence electrons. The Kier molecular flexibility index (Phi) is 4.15. The van der Waals surface area contributed by atoms with Crippen LogP contribution in [0.1, 0.15) is 10.4 Å². The maximum Gasteiger partial charge on any atom is 0.337 e. The van der Waals surface area contributed by atoms with Crippen molar-refractivity contribution in [2.75, 3.05) is 11.4 Å². The normalized spacial score (nSPS) is 11.1. The van der Waals surface area contributed by atoms with Crippen LogP contribution in [0.3, 0.4) is 0 Å². The van der Waals surface area contributed by atoms with E-state index in [0.717, 1.165) is 10.4 Å². The monoisotopic (exact) mass is 326 g/mol. The summed E-state index contributed by atoms with van der Waals surface area (Å²) in [6, 6.07) is 6.62. The number of anilines is 1. The van der Waals surface area contributed by atoms with Crippen LogP contribution in [0.15, 0.2) is 47.6 Å². The zero-order valence-electron chi connectivity index (χ0n) is 10.9. The molecule has 0 saturated carbocycles. The molecule has 1 aromatic heterocycles. The van der Waals surface area contributed by atoms with Gasteiger partial charge in [0.05, 0.1) is 21.2 Å². The summed E-state index contributed by atoms with van der Waals surface area (Å²) < 4.78 is 26.0. The number of aromatic carboxylic acids is 1. The van der Waals surface area contributed by atoms with Crippen LogP contribution in [0.2, 0.25) is 5.02 Å². The Bertz CT molecular complexity index is 778. The maximum atomic E-state index is 12.5. The molecule has 0 saturated heterocycles. The van der Waals surface area contributed by atoms with Crippen LogP contribution in [-0.4, -0.2) is 31.5 Å². The summed E-state index contributed by atoms with van der Waals surface area (Å²) in [7, 11) is -2.51. The molecule has 0 atom stereocenters. The van der Waals surface area contributed by atoms with Gasteiger partial charge in [-0.05, 0) is 30.3 Å². The molecule has 0 radical (unpaired) electrons.